The number of aliphatic hydroxyl groups is 1. The van der Waals surface area contributed by atoms with E-state index in [2.05, 4.69) is 39.9 Å². The van der Waals surface area contributed by atoms with Gasteiger partial charge in [-0.3, -0.25) is 4.90 Å². The van der Waals surface area contributed by atoms with Crippen molar-refractivity contribution in [3.63, 3.8) is 0 Å². The second-order valence-electron chi connectivity index (χ2n) is 7.30. The van der Waals surface area contributed by atoms with E-state index in [9.17, 15) is 5.11 Å². The average Bonchev–Trinajstić information content (AvgIpc) is 2.93. The van der Waals surface area contributed by atoms with Crippen LogP contribution in [0.15, 0.2) is 30.5 Å². The van der Waals surface area contributed by atoms with Crippen LogP contribution < -0.4 is 0 Å². The summed E-state index contributed by atoms with van der Waals surface area (Å²) in [6.07, 6.45) is 4.12. The summed E-state index contributed by atoms with van der Waals surface area (Å²) in [5, 5.41) is 11.6. The Morgan fingerprint density at radius 3 is 2.72 bits per heavy atom. The van der Waals surface area contributed by atoms with Crippen LogP contribution in [0.25, 0.3) is 10.9 Å². The monoisotopic (exact) mass is 345 g/mol. The van der Waals surface area contributed by atoms with E-state index in [1.807, 2.05) is 19.0 Å². The van der Waals surface area contributed by atoms with E-state index in [1.54, 1.807) is 0 Å². The van der Waals surface area contributed by atoms with Gasteiger partial charge in [-0.2, -0.15) is 0 Å². The Bertz CT molecular complexity index is 662. The number of likely N-dealkylation sites (N-methyl/N-ethyl adjacent to an activating group) is 1. The Morgan fingerprint density at radius 1 is 1.20 bits per heavy atom. The molecule has 25 heavy (non-hydrogen) atoms. The zero-order valence-electron chi connectivity index (χ0n) is 15.5. The van der Waals surface area contributed by atoms with Crippen LogP contribution in [0.3, 0.4) is 0 Å². The standard InChI is InChI=1S/C20H31N3O2/c1-21(2)15-18(24)16-23-14-17(19-7-3-4-8-20(19)23)6-5-9-22-10-12-25-13-11-22/h3-4,7-8,14,18,24H,5-6,9-13,15-16H2,1-2H3. The van der Waals surface area contributed by atoms with Gasteiger partial charge in [0, 0.05) is 43.3 Å². The highest BCUT2D eigenvalue weighted by Gasteiger charge is 2.13. The van der Waals surface area contributed by atoms with Gasteiger partial charge in [0.05, 0.1) is 19.3 Å². The largest absolute Gasteiger partial charge is 0.390 e. The van der Waals surface area contributed by atoms with Crippen molar-refractivity contribution in [1.29, 1.82) is 0 Å². The molecule has 1 aromatic heterocycles. The molecule has 138 valence electrons. The maximum atomic E-state index is 10.3. The molecule has 1 atom stereocenters. The molecule has 1 unspecified atom stereocenters. The third-order valence-electron chi connectivity index (χ3n) is 4.88. The van der Waals surface area contributed by atoms with Crippen LogP contribution >= 0.6 is 0 Å². The van der Waals surface area contributed by atoms with E-state index in [0.29, 0.717) is 13.1 Å². The number of rotatable bonds is 8. The molecule has 2 heterocycles. The van der Waals surface area contributed by atoms with E-state index in [4.69, 9.17) is 4.74 Å². The number of aromatic nitrogens is 1. The minimum absolute atomic E-state index is 0.355. The molecule has 2 aromatic rings. The lowest BCUT2D eigenvalue weighted by Crippen LogP contribution is -2.36. The van der Waals surface area contributed by atoms with E-state index >= 15 is 0 Å². The Hall–Kier alpha value is -1.40. The lowest BCUT2D eigenvalue weighted by atomic mass is 10.1. The summed E-state index contributed by atoms with van der Waals surface area (Å²) in [4.78, 5) is 4.52. The molecule has 0 spiro atoms. The predicted molar refractivity (Wildman–Crippen MR) is 102 cm³/mol. The molecule has 5 heteroatoms. The van der Waals surface area contributed by atoms with Gasteiger partial charge in [-0.05, 0) is 45.1 Å². The van der Waals surface area contributed by atoms with Gasteiger partial charge in [0.1, 0.15) is 0 Å². The molecule has 5 nitrogen and oxygen atoms in total. The van der Waals surface area contributed by atoms with Crippen LogP contribution in [0.5, 0.6) is 0 Å². The second kappa shape index (κ2) is 8.81. The maximum Gasteiger partial charge on any atom is 0.0845 e. The van der Waals surface area contributed by atoms with Gasteiger partial charge in [0.2, 0.25) is 0 Å². The maximum absolute atomic E-state index is 10.3. The minimum Gasteiger partial charge on any atom is -0.390 e. The van der Waals surface area contributed by atoms with Gasteiger partial charge in [0.15, 0.2) is 0 Å². The second-order valence-corrected chi connectivity index (χ2v) is 7.30. The summed E-state index contributed by atoms with van der Waals surface area (Å²) in [5.41, 5.74) is 2.61. The Balaban J connectivity index is 1.65. The molecular weight excluding hydrogens is 314 g/mol. The predicted octanol–water partition coefficient (Wildman–Crippen LogP) is 1.83. The highest BCUT2D eigenvalue weighted by atomic mass is 16.5. The Kier molecular flexibility index (Phi) is 6.48. The Labute approximate surface area is 150 Å². The quantitative estimate of drug-likeness (QED) is 0.792. The fourth-order valence-electron chi connectivity index (χ4n) is 3.70. The van der Waals surface area contributed by atoms with Crippen LogP contribution in [0, 0.1) is 0 Å². The topological polar surface area (TPSA) is 40.9 Å². The van der Waals surface area contributed by atoms with E-state index in [1.165, 1.54) is 16.5 Å². The molecule has 0 radical (unpaired) electrons. The summed E-state index contributed by atoms with van der Waals surface area (Å²) in [6, 6.07) is 8.54. The van der Waals surface area contributed by atoms with Crippen molar-refractivity contribution in [3.05, 3.63) is 36.0 Å². The first-order valence-corrected chi connectivity index (χ1v) is 9.33. The number of nitrogens with zero attached hydrogens (tertiary/aromatic N) is 3. The molecule has 0 aliphatic carbocycles. The highest BCUT2D eigenvalue weighted by Crippen LogP contribution is 2.23. The fraction of sp³-hybridized carbons (Fsp3) is 0.600. The molecule has 1 aliphatic heterocycles. The van der Waals surface area contributed by atoms with Crippen molar-refractivity contribution >= 4 is 10.9 Å². The van der Waals surface area contributed by atoms with Gasteiger partial charge in [-0.1, -0.05) is 18.2 Å². The Morgan fingerprint density at radius 2 is 1.96 bits per heavy atom. The number of ether oxygens (including phenoxy) is 1. The average molecular weight is 345 g/mol. The summed E-state index contributed by atoms with van der Waals surface area (Å²) in [5.74, 6) is 0. The van der Waals surface area contributed by atoms with Crippen LogP contribution in [0.4, 0.5) is 0 Å². The van der Waals surface area contributed by atoms with Crippen LogP contribution in [0.1, 0.15) is 12.0 Å². The molecule has 1 N–H and O–H groups in total. The number of aryl methyl sites for hydroxylation is 1. The number of fused-ring (bicyclic) bond motifs is 1. The van der Waals surface area contributed by atoms with Gasteiger partial charge >= 0.3 is 0 Å². The lowest BCUT2D eigenvalue weighted by Gasteiger charge is -2.26. The molecule has 0 saturated carbocycles. The smallest absolute Gasteiger partial charge is 0.0845 e. The molecule has 1 fully saturated rings. The number of para-hydroxylation sites is 1. The molecule has 0 amide bonds. The van der Waals surface area contributed by atoms with Crippen LogP contribution in [0.2, 0.25) is 0 Å². The van der Waals surface area contributed by atoms with Crippen LogP contribution in [-0.4, -0.2) is 79.1 Å². The van der Waals surface area contributed by atoms with Crippen molar-refractivity contribution in [1.82, 2.24) is 14.4 Å². The van der Waals surface area contributed by atoms with Crippen molar-refractivity contribution < 1.29 is 9.84 Å². The first kappa shape index (κ1) is 18.4. The third-order valence-corrected chi connectivity index (χ3v) is 4.88. The van der Waals surface area contributed by atoms with Crippen LogP contribution in [-0.2, 0) is 17.7 Å². The van der Waals surface area contributed by atoms with Crippen molar-refractivity contribution in [2.24, 2.45) is 0 Å². The van der Waals surface area contributed by atoms with Crippen molar-refractivity contribution in [2.45, 2.75) is 25.5 Å². The number of benzene rings is 1. The summed E-state index contributed by atoms with van der Waals surface area (Å²) in [7, 11) is 3.99. The number of morpholine rings is 1. The first-order chi connectivity index (χ1) is 12.1. The fourth-order valence-corrected chi connectivity index (χ4v) is 3.70. The molecule has 0 bridgehead atoms. The highest BCUT2D eigenvalue weighted by molar-refractivity contribution is 5.84. The number of hydrogen-bond acceptors (Lipinski definition) is 4. The minimum atomic E-state index is -0.355. The SMILES string of the molecule is CN(C)CC(O)Cn1cc(CCCN2CCOCC2)c2ccccc21. The molecule has 1 aromatic carbocycles. The van der Waals surface area contributed by atoms with E-state index in [-0.39, 0.29) is 6.10 Å². The first-order valence-electron chi connectivity index (χ1n) is 9.33. The van der Waals surface area contributed by atoms with Gasteiger partial charge in [0.25, 0.3) is 0 Å². The summed E-state index contributed by atoms with van der Waals surface area (Å²) < 4.78 is 7.63. The number of hydrogen-bond donors (Lipinski definition) is 1. The summed E-state index contributed by atoms with van der Waals surface area (Å²) in [6.45, 7) is 6.29. The molecule has 1 aliphatic rings. The van der Waals surface area contributed by atoms with Crippen molar-refractivity contribution in [2.75, 3.05) is 53.5 Å². The van der Waals surface area contributed by atoms with E-state index < -0.39 is 0 Å². The van der Waals surface area contributed by atoms with Gasteiger partial charge in [-0.15, -0.1) is 0 Å². The normalized spacial score (nSPS) is 17.4. The van der Waals surface area contributed by atoms with Gasteiger partial charge in [-0.25, -0.2) is 0 Å². The summed E-state index contributed by atoms with van der Waals surface area (Å²) >= 11 is 0. The molecule has 3 rings (SSSR count). The van der Waals surface area contributed by atoms with E-state index in [0.717, 1.165) is 45.7 Å². The molecular formula is C20H31N3O2. The zero-order valence-corrected chi connectivity index (χ0v) is 15.5. The zero-order chi connectivity index (χ0) is 17.6. The van der Waals surface area contributed by atoms with Crippen molar-refractivity contribution in [3.8, 4) is 0 Å². The lowest BCUT2D eigenvalue weighted by molar-refractivity contribution is 0.0375. The molecule has 1 saturated heterocycles. The third kappa shape index (κ3) is 5.05. The number of aliphatic hydroxyl groups excluding tert-OH is 1. The van der Waals surface area contributed by atoms with Gasteiger partial charge < -0.3 is 19.3 Å².